The number of esters is 1. The second-order valence-electron chi connectivity index (χ2n) is 7.34. The van der Waals surface area contributed by atoms with Crippen molar-refractivity contribution in [2.24, 2.45) is 0 Å². The summed E-state index contributed by atoms with van der Waals surface area (Å²) in [5.74, 6) is -0.491. The number of ether oxygens (including phenoxy) is 1. The summed E-state index contributed by atoms with van der Waals surface area (Å²) in [6.45, 7) is 8.73. The van der Waals surface area contributed by atoms with Crippen molar-refractivity contribution in [3.05, 3.63) is 88.0 Å². The molecule has 156 valence electrons. The highest BCUT2D eigenvalue weighted by molar-refractivity contribution is 5.94. The molecule has 0 bridgehead atoms. The summed E-state index contributed by atoms with van der Waals surface area (Å²) in [6, 6.07) is 11.6. The molecule has 6 nitrogen and oxygen atoms in total. The number of nitrogens with zero attached hydrogens (tertiary/aromatic N) is 2. The minimum absolute atomic E-state index is 0.110. The van der Waals surface area contributed by atoms with Crippen LogP contribution < -0.4 is 0 Å². The van der Waals surface area contributed by atoms with Gasteiger partial charge in [-0.15, -0.1) is 0 Å². The van der Waals surface area contributed by atoms with Gasteiger partial charge >= 0.3 is 5.97 Å². The van der Waals surface area contributed by atoms with Gasteiger partial charge in [0.05, 0.1) is 12.2 Å². The first-order valence-electron chi connectivity index (χ1n) is 10.0. The molecule has 0 aliphatic heterocycles. The average molecular weight is 405 g/mol. The molecule has 3 rings (SSSR count). The number of H-pyrrole nitrogens is 1. The van der Waals surface area contributed by atoms with Gasteiger partial charge in [0.25, 0.3) is 5.91 Å². The van der Waals surface area contributed by atoms with Crippen molar-refractivity contribution in [1.29, 1.82) is 0 Å². The van der Waals surface area contributed by atoms with Gasteiger partial charge in [0.2, 0.25) is 0 Å². The molecule has 0 atom stereocenters. The molecule has 0 unspecified atom stereocenters. The Hall–Kier alpha value is -3.41. The molecule has 30 heavy (non-hydrogen) atoms. The predicted octanol–water partition coefficient (Wildman–Crippen LogP) is 4.35. The first-order chi connectivity index (χ1) is 14.4. The standard InChI is InChI=1S/C24H27N3O3/c1-5-30-24(29)22-17(3)21(18(4)26-22)15-27(14-19-10-8-16(2)9-11-19)23(28)20-7-6-12-25-13-20/h6-13,26H,5,14-15H2,1-4H3. The zero-order chi connectivity index (χ0) is 21.7. The number of aromatic nitrogens is 2. The van der Waals surface area contributed by atoms with Crippen molar-refractivity contribution < 1.29 is 14.3 Å². The summed E-state index contributed by atoms with van der Waals surface area (Å²) in [6.07, 6.45) is 3.22. The van der Waals surface area contributed by atoms with Crippen LogP contribution in [0, 0.1) is 20.8 Å². The van der Waals surface area contributed by atoms with Crippen molar-refractivity contribution >= 4 is 11.9 Å². The lowest BCUT2D eigenvalue weighted by molar-refractivity contribution is 0.0519. The summed E-state index contributed by atoms with van der Waals surface area (Å²) >= 11 is 0. The first-order valence-corrected chi connectivity index (χ1v) is 10.0. The molecule has 0 spiro atoms. The highest BCUT2D eigenvalue weighted by atomic mass is 16.5. The summed E-state index contributed by atoms with van der Waals surface area (Å²) in [4.78, 5) is 34.5. The average Bonchev–Trinajstić information content (AvgIpc) is 3.03. The van der Waals surface area contributed by atoms with Crippen molar-refractivity contribution in [1.82, 2.24) is 14.9 Å². The molecular weight excluding hydrogens is 378 g/mol. The number of carbonyl (C=O) groups excluding carboxylic acids is 2. The van der Waals surface area contributed by atoms with E-state index in [1.807, 2.05) is 45.0 Å². The SMILES string of the molecule is CCOC(=O)c1[nH]c(C)c(CN(Cc2ccc(C)cc2)C(=O)c2cccnc2)c1C. The van der Waals surface area contributed by atoms with Gasteiger partial charge in [-0.2, -0.15) is 0 Å². The van der Waals surface area contributed by atoms with Crippen LogP contribution >= 0.6 is 0 Å². The Labute approximate surface area is 176 Å². The van der Waals surface area contributed by atoms with Crippen LogP contribution in [0.5, 0.6) is 0 Å². The topological polar surface area (TPSA) is 75.3 Å². The third-order valence-electron chi connectivity index (χ3n) is 5.11. The van der Waals surface area contributed by atoms with E-state index < -0.39 is 0 Å². The number of aryl methyl sites for hydroxylation is 2. The van der Waals surface area contributed by atoms with E-state index in [2.05, 4.69) is 9.97 Å². The maximum absolute atomic E-state index is 13.3. The Balaban J connectivity index is 1.93. The monoisotopic (exact) mass is 405 g/mol. The highest BCUT2D eigenvalue weighted by Crippen LogP contribution is 2.23. The molecule has 3 aromatic rings. The molecule has 1 N–H and O–H groups in total. The molecule has 1 amide bonds. The van der Waals surface area contributed by atoms with E-state index in [9.17, 15) is 9.59 Å². The van der Waals surface area contributed by atoms with E-state index in [-0.39, 0.29) is 11.9 Å². The second kappa shape index (κ2) is 9.39. The van der Waals surface area contributed by atoms with Crippen molar-refractivity contribution in [2.45, 2.75) is 40.8 Å². The zero-order valence-electron chi connectivity index (χ0n) is 17.9. The van der Waals surface area contributed by atoms with Gasteiger partial charge in [-0.3, -0.25) is 9.78 Å². The maximum Gasteiger partial charge on any atom is 0.355 e. The maximum atomic E-state index is 13.3. The summed E-state index contributed by atoms with van der Waals surface area (Å²) in [5, 5.41) is 0. The van der Waals surface area contributed by atoms with Crippen molar-refractivity contribution in [3.8, 4) is 0 Å². The third kappa shape index (κ3) is 4.76. The first kappa shape index (κ1) is 21.3. The molecule has 2 aromatic heterocycles. The number of pyridine rings is 1. The molecular formula is C24H27N3O3. The summed E-state index contributed by atoms with van der Waals surface area (Å²) in [5.41, 5.74) is 5.74. The van der Waals surface area contributed by atoms with Crippen LogP contribution in [0.3, 0.4) is 0 Å². The Morgan fingerprint density at radius 3 is 2.43 bits per heavy atom. The summed E-state index contributed by atoms with van der Waals surface area (Å²) in [7, 11) is 0. The van der Waals surface area contributed by atoms with Crippen molar-refractivity contribution in [3.63, 3.8) is 0 Å². The number of benzene rings is 1. The third-order valence-corrected chi connectivity index (χ3v) is 5.11. The predicted molar refractivity (Wildman–Crippen MR) is 115 cm³/mol. The lowest BCUT2D eigenvalue weighted by Gasteiger charge is -2.24. The number of aromatic amines is 1. The van der Waals surface area contributed by atoms with Crippen LogP contribution in [0.4, 0.5) is 0 Å². The van der Waals surface area contributed by atoms with E-state index in [0.717, 1.165) is 22.4 Å². The number of hydrogen-bond acceptors (Lipinski definition) is 4. The zero-order valence-corrected chi connectivity index (χ0v) is 17.9. The molecule has 0 aliphatic carbocycles. The van der Waals surface area contributed by atoms with Crippen LogP contribution in [0.1, 0.15) is 55.7 Å². The van der Waals surface area contributed by atoms with E-state index in [1.54, 1.807) is 36.4 Å². The molecule has 1 aromatic carbocycles. The van der Waals surface area contributed by atoms with Crippen LogP contribution in [0.2, 0.25) is 0 Å². The second-order valence-corrected chi connectivity index (χ2v) is 7.34. The minimum Gasteiger partial charge on any atom is -0.461 e. The van der Waals surface area contributed by atoms with Crippen molar-refractivity contribution in [2.75, 3.05) is 6.61 Å². The number of nitrogens with one attached hydrogen (secondary N) is 1. The normalized spacial score (nSPS) is 10.7. The lowest BCUT2D eigenvalue weighted by atomic mass is 10.1. The number of carbonyl (C=O) groups is 2. The van der Waals surface area contributed by atoms with Crippen LogP contribution in [-0.4, -0.2) is 33.4 Å². The smallest absolute Gasteiger partial charge is 0.355 e. The Kier molecular flexibility index (Phi) is 6.67. The Bertz CT molecular complexity index is 1020. The van der Waals surface area contributed by atoms with E-state index in [1.165, 1.54) is 5.56 Å². The Morgan fingerprint density at radius 2 is 1.80 bits per heavy atom. The largest absolute Gasteiger partial charge is 0.461 e. The van der Waals surface area contributed by atoms with Gasteiger partial charge < -0.3 is 14.6 Å². The van der Waals surface area contributed by atoms with E-state index >= 15 is 0 Å². The quantitative estimate of drug-likeness (QED) is 0.593. The molecule has 2 heterocycles. The van der Waals surface area contributed by atoms with Gasteiger partial charge in [0.15, 0.2) is 0 Å². The van der Waals surface area contributed by atoms with Crippen LogP contribution in [0.25, 0.3) is 0 Å². The van der Waals surface area contributed by atoms with Gasteiger partial charge in [-0.1, -0.05) is 29.8 Å². The fourth-order valence-electron chi connectivity index (χ4n) is 3.41. The number of rotatable bonds is 7. The van der Waals surface area contributed by atoms with Gasteiger partial charge in [-0.05, 0) is 56.5 Å². The molecule has 6 heteroatoms. The molecule has 0 saturated heterocycles. The van der Waals surface area contributed by atoms with Gasteiger partial charge in [0.1, 0.15) is 5.69 Å². The van der Waals surface area contributed by atoms with Gasteiger partial charge in [0, 0.05) is 31.2 Å². The van der Waals surface area contributed by atoms with Gasteiger partial charge in [-0.25, -0.2) is 4.79 Å². The van der Waals surface area contributed by atoms with Crippen LogP contribution in [-0.2, 0) is 17.8 Å². The number of hydrogen-bond donors (Lipinski definition) is 1. The molecule has 0 saturated carbocycles. The number of amides is 1. The molecule has 0 aliphatic rings. The lowest BCUT2D eigenvalue weighted by Crippen LogP contribution is -2.30. The van der Waals surface area contributed by atoms with Crippen LogP contribution in [0.15, 0.2) is 48.8 Å². The highest BCUT2D eigenvalue weighted by Gasteiger charge is 2.23. The summed E-state index contributed by atoms with van der Waals surface area (Å²) < 4.78 is 5.15. The minimum atomic E-state index is -0.381. The van der Waals surface area contributed by atoms with E-state index in [0.29, 0.717) is 31.0 Å². The molecule has 0 radical (unpaired) electrons. The fraction of sp³-hybridized carbons (Fsp3) is 0.292. The Morgan fingerprint density at radius 1 is 1.07 bits per heavy atom. The van der Waals surface area contributed by atoms with E-state index in [4.69, 9.17) is 4.74 Å². The fourth-order valence-corrected chi connectivity index (χ4v) is 3.41. The molecule has 0 fully saturated rings.